The zero-order chi connectivity index (χ0) is 17.7. The number of aliphatic hydroxyl groups is 1. The van der Waals surface area contributed by atoms with Crippen LogP contribution in [0.2, 0.25) is 0 Å². The van der Waals surface area contributed by atoms with Crippen molar-refractivity contribution in [2.45, 2.75) is 46.3 Å². The van der Waals surface area contributed by atoms with E-state index in [4.69, 9.17) is 10.5 Å². The maximum atomic E-state index is 12.1. The van der Waals surface area contributed by atoms with Crippen LogP contribution in [0.4, 0.5) is 0 Å². The number of aliphatic hydroxyl groups excluding tert-OH is 1. The maximum Gasteiger partial charge on any atom is 0.331 e. The van der Waals surface area contributed by atoms with E-state index in [0.717, 1.165) is 40.8 Å². The van der Waals surface area contributed by atoms with Gasteiger partial charge in [0.2, 0.25) is 0 Å². The second kappa shape index (κ2) is 8.11. The van der Waals surface area contributed by atoms with E-state index in [1.165, 1.54) is 0 Å². The van der Waals surface area contributed by atoms with Gasteiger partial charge in [0.05, 0.1) is 13.2 Å². The van der Waals surface area contributed by atoms with E-state index < -0.39 is 6.04 Å². The highest BCUT2D eigenvalue weighted by atomic mass is 16.5. The van der Waals surface area contributed by atoms with Gasteiger partial charge >= 0.3 is 5.97 Å². The van der Waals surface area contributed by atoms with Crippen LogP contribution in [-0.4, -0.2) is 29.9 Å². The molecule has 3 N–H and O–H groups in total. The van der Waals surface area contributed by atoms with Gasteiger partial charge in [-0.1, -0.05) is 32.0 Å². The number of aliphatic imine (C=N–C) groups is 1. The van der Waals surface area contributed by atoms with Crippen molar-refractivity contribution in [1.29, 1.82) is 0 Å². The zero-order valence-electron chi connectivity index (χ0n) is 14.6. The number of benzene rings is 1. The lowest BCUT2D eigenvalue weighted by Crippen LogP contribution is -2.27. The minimum absolute atomic E-state index is 0.0220. The molecule has 0 saturated carbocycles. The van der Waals surface area contributed by atoms with Crippen LogP contribution < -0.4 is 5.73 Å². The highest BCUT2D eigenvalue weighted by molar-refractivity contribution is 6.12. The van der Waals surface area contributed by atoms with Crippen molar-refractivity contribution in [3.05, 3.63) is 40.6 Å². The molecule has 0 radical (unpaired) electrons. The number of rotatable bonds is 6. The van der Waals surface area contributed by atoms with Gasteiger partial charge in [-0.3, -0.25) is 4.99 Å². The number of nitrogens with two attached hydrogens (primary N) is 1. The summed E-state index contributed by atoms with van der Waals surface area (Å²) in [6, 6.07) is 5.31. The minimum atomic E-state index is -0.535. The van der Waals surface area contributed by atoms with Crippen LogP contribution in [0, 0.1) is 5.92 Å². The normalized spacial score (nSPS) is 15.7. The average Bonchev–Trinajstić information content (AvgIpc) is 2.56. The van der Waals surface area contributed by atoms with Crippen molar-refractivity contribution in [3.8, 4) is 0 Å². The molecule has 24 heavy (non-hydrogen) atoms. The molecule has 1 aromatic rings. The van der Waals surface area contributed by atoms with Crippen molar-refractivity contribution in [3.63, 3.8) is 0 Å². The third-order valence-electron chi connectivity index (χ3n) is 4.18. The molecule has 1 atom stereocenters. The predicted molar refractivity (Wildman–Crippen MR) is 95.5 cm³/mol. The number of carbonyl (C=O) groups is 1. The second-order valence-corrected chi connectivity index (χ2v) is 6.31. The summed E-state index contributed by atoms with van der Waals surface area (Å²) < 4.78 is 5.10. The molecular weight excluding hydrogens is 304 g/mol. The Hall–Kier alpha value is -2.14. The van der Waals surface area contributed by atoms with Crippen molar-refractivity contribution in [1.82, 2.24) is 0 Å². The lowest BCUT2D eigenvalue weighted by atomic mass is 9.88. The van der Waals surface area contributed by atoms with Gasteiger partial charge in [0.1, 0.15) is 6.04 Å². The van der Waals surface area contributed by atoms with Crippen LogP contribution >= 0.6 is 0 Å². The lowest BCUT2D eigenvalue weighted by Gasteiger charge is -2.21. The number of hydrogen-bond donors (Lipinski definition) is 2. The first-order valence-electron chi connectivity index (χ1n) is 8.39. The van der Waals surface area contributed by atoms with Gasteiger partial charge in [-0.15, -0.1) is 0 Å². The predicted octanol–water partition coefficient (Wildman–Crippen LogP) is 2.45. The van der Waals surface area contributed by atoms with Gasteiger partial charge < -0.3 is 15.6 Å². The molecule has 0 amide bonds. The molecule has 0 saturated heterocycles. The largest absolute Gasteiger partial charge is 0.464 e. The van der Waals surface area contributed by atoms with Gasteiger partial charge in [0.25, 0.3) is 0 Å². The first-order valence-corrected chi connectivity index (χ1v) is 8.39. The quantitative estimate of drug-likeness (QED) is 0.620. The summed E-state index contributed by atoms with van der Waals surface area (Å²) in [6.07, 6.45) is 3.29. The highest BCUT2D eigenvalue weighted by Gasteiger charge is 2.23. The van der Waals surface area contributed by atoms with Crippen LogP contribution in [0.5, 0.6) is 0 Å². The third kappa shape index (κ3) is 4.03. The van der Waals surface area contributed by atoms with Crippen LogP contribution in [0.15, 0.2) is 28.9 Å². The Kier molecular flexibility index (Phi) is 6.15. The molecule has 0 heterocycles. The number of hydrogen-bond acceptors (Lipinski definition) is 5. The number of ether oxygens (including phenoxy) is 1. The van der Waals surface area contributed by atoms with Crippen LogP contribution in [0.3, 0.4) is 0 Å². The molecule has 5 nitrogen and oxygen atoms in total. The molecule has 1 aliphatic carbocycles. The summed E-state index contributed by atoms with van der Waals surface area (Å²) in [5.41, 5.74) is 10.9. The van der Waals surface area contributed by atoms with Crippen LogP contribution in [0.1, 0.15) is 43.9 Å². The Morgan fingerprint density at radius 2 is 2.17 bits per heavy atom. The molecule has 0 aromatic heterocycles. The van der Waals surface area contributed by atoms with Gasteiger partial charge in [-0.25, -0.2) is 4.79 Å². The lowest BCUT2D eigenvalue weighted by molar-refractivity contribution is -0.145. The smallest absolute Gasteiger partial charge is 0.331 e. The van der Waals surface area contributed by atoms with Crippen molar-refractivity contribution >= 4 is 17.8 Å². The van der Waals surface area contributed by atoms with Gasteiger partial charge in [-0.2, -0.15) is 0 Å². The first kappa shape index (κ1) is 18.2. The molecule has 130 valence electrons. The number of fused-ring (bicyclic) bond motifs is 1. The van der Waals surface area contributed by atoms with Crippen molar-refractivity contribution < 1.29 is 14.6 Å². The van der Waals surface area contributed by atoms with E-state index in [0.29, 0.717) is 6.61 Å². The summed E-state index contributed by atoms with van der Waals surface area (Å²) in [6.45, 7) is 6.04. The summed E-state index contributed by atoms with van der Waals surface area (Å²) in [5, 5.41) is 9.29. The number of aryl methyl sites for hydroxylation is 1. The maximum absolute atomic E-state index is 12.1. The topological polar surface area (TPSA) is 84.9 Å². The molecule has 5 heteroatoms. The Morgan fingerprint density at radius 1 is 1.42 bits per heavy atom. The molecule has 0 aliphatic heterocycles. The Labute approximate surface area is 143 Å². The van der Waals surface area contributed by atoms with Crippen LogP contribution in [0.25, 0.3) is 5.57 Å². The number of carbonyl (C=O) groups excluding carboxylic acids is 1. The number of esters is 1. The minimum Gasteiger partial charge on any atom is -0.464 e. The van der Waals surface area contributed by atoms with Crippen molar-refractivity contribution in [2.24, 2.45) is 16.6 Å². The van der Waals surface area contributed by atoms with E-state index in [2.05, 4.69) is 4.99 Å². The second-order valence-electron chi connectivity index (χ2n) is 6.31. The molecule has 2 rings (SSSR count). The average molecular weight is 330 g/mol. The fourth-order valence-electron chi connectivity index (χ4n) is 2.83. The molecular formula is C19H26N2O3. The van der Waals surface area contributed by atoms with Gasteiger partial charge in [0.15, 0.2) is 0 Å². The molecule has 0 fully saturated rings. The number of allylic oxidation sites excluding steroid dienone is 2. The highest BCUT2D eigenvalue weighted by Crippen LogP contribution is 2.29. The fourth-order valence-corrected chi connectivity index (χ4v) is 2.83. The van der Waals surface area contributed by atoms with Gasteiger partial charge in [0, 0.05) is 17.5 Å². The van der Waals surface area contributed by atoms with E-state index >= 15 is 0 Å². The third-order valence-corrected chi connectivity index (χ3v) is 4.18. The fraction of sp³-hybridized carbons (Fsp3) is 0.474. The first-order chi connectivity index (χ1) is 11.5. The summed E-state index contributed by atoms with van der Waals surface area (Å²) in [5.74, 6) is -0.267. The molecule has 0 bridgehead atoms. The summed E-state index contributed by atoms with van der Waals surface area (Å²) in [4.78, 5) is 16.5. The summed E-state index contributed by atoms with van der Waals surface area (Å²) in [7, 11) is 0. The van der Waals surface area contributed by atoms with Crippen LogP contribution in [-0.2, 0) is 22.6 Å². The van der Waals surface area contributed by atoms with E-state index in [1.807, 2.05) is 32.0 Å². The number of nitrogens with zero attached hydrogens (tertiary/aromatic N) is 1. The van der Waals surface area contributed by atoms with E-state index in [1.54, 1.807) is 13.1 Å². The summed E-state index contributed by atoms with van der Waals surface area (Å²) >= 11 is 0. The van der Waals surface area contributed by atoms with E-state index in [-0.39, 0.29) is 18.5 Å². The van der Waals surface area contributed by atoms with E-state index in [9.17, 15) is 9.90 Å². The van der Waals surface area contributed by atoms with Gasteiger partial charge in [-0.05, 0) is 42.4 Å². The molecule has 1 aliphatic rings. The Morgan fingerprint density at radius 3 is 2.79 bits per heavy atom. The Bertz CT molecular complexity index is 663. The molecule has 1 aromatic carbocycles. The monoisotopic (exact) mass is 330 g/mol. The SMILES string of the molecule is CCOC(=O)C(N=CC1=C(N)CCc2cc(CO)ccc21)C(C)C. The molecule has 1 unspecified atom stereocenters. The Balaban J connectivity index is 2.32. The zero-order valence-corrected chi connectivity index (χ0v) is 14.6. The standard InChI is InChI=1S/C19H26N2O3/c1-4-24-19(23)18(12(2)3)21-10-16-15-7-5-13(11-22)9-14(15)6-8-17(16)20/h5,7,9-10,12,18,22H,4,6,8,11,20H2,1-3H3. The molecule has 0 spiro atoms. The van der Waals surface area contributed by atoms with Crippen molar-refractivity contribution in [2.75, 3.05) is 6.61 Å².